The summed E-state index contributed by atoms with van der Waals surface area (Å²) in [5, 5.41) is 2.87. The molecule has 1 atom stereocenters. The minimum absolute atomic E-state index is 0.0412. The van der Waals surface area contributed by atoms with E-state index in [1.807, 2.05) is 32.9 Å². The summed E-state index contributed by atoms with van der Waals surface area (Å²) in [7, 11) is -3.85. The number of hydrogen-bond acceptors (Lipinski definition) is 3. The molecular weight excluding hydrogens is 463 g/mol. The van der Waals surface area contributed by atoms with E-state index < -0.39 is 10.0 Å². The van der Waals surface area contributed by atoms with Crippen LogP contribution in [0.2, 0.25) is 0 Å². The van der Waals surface area contributed by atoms with Gasteiger partial charge in [0, 0.05) is 9.61 Å². The molecule has 0 fully saturated rings. The number of benzene rings is 2. The molecule has 0 saturated heterocycles. The van der Waals surface area contributed by atoms with Gasteiger partial charge in [0.1, 0.15) is 6.54 Å². The van der Waals surface area contributed by atoms with Crippen molar-refractivity contribution in [1.82, 2.24) is 5.32 Å². The minimum Gasteiger partial charge on any atom is -0.352 e. The Hall–Kier alpha value is -1.61. The summed E-state index contributed by atoms with van der Waals surface area (Å²) in [5.74, 6) is -0.0688. The molecule has 0 aliphatic rings. The highest BCUT2D eigenvalue weighted by Crippen LogP contribution is 2.24. The van der Waals surface area contributed by atoms with Gasteiger partial charge in [-0.3, -0.25) is 9.10 Å². The maximum atomic E-state index is 13.1. The van der Waals surface area contributed by atoms with E-state index in [4.69, 9.17) is 0 Å². The first-order valence-corrected chi connectivity index (χ1v) is 10.9. The maximum Gasteiger partial charge on any atom is 0.264 e. The Kier molecular flexibility index (Phi) is 7.05. The van der Waals surface area contributed by atoms with Crippen LogP contribution in [0.3, 0.4) is 0 Å². The van der Waals surface area contributed by atoms with Crippen LogP contribution in [-0.2, 0) is 14.8 Å². The van der Waals surface area contributed by atoms with Crippen LogP contribution in [-0.4, -0.2) is 26.9 Å². The lowest BCUT2D eigenvalue weighted by Gasteiger charge is -2.25. The van der Waals surface area contributed by atoms with E-state index in [0.717, 1.165) is 7.88 Å². The van der Waals surface area contributed by atoms with Gasteiger partial charge in [-0.1, -0.05) is 32.0 Å². The second-order valence-electron chi connectivity index (χ2n) is 6.40. The van der Waals surface area contributed by atoms with Crippen LogP contribution < -0.4 is 9.62 Å². The van der Waals surface area contributed by atoms with E-state index in [-0.39, 0.29) is 29.3 Å². The van der Waals surface area contributed by atoms with Crippen molar-refractivity contribution in [2.75, 3.05) is 10.8 Å². The Morgan fingerprint density at radius 1 is 1.04 bits per heavy atom. The van der Waals surface area contributed by atoms with Crippen LogP contribution >= 0.6 is 22.6 Å². The summed E-state index contributed by atoms with van der Waals surface area (Å²) in [4.78, 5) is 12.6. The molecule has 0 aliphatic carbocycles. The summed E-state index contributed by atoms with van der Waals surface area (Å²) < 4.78 is 28.4. The molecular formula is C19H23IN2O3S. The van der Waals surface area contributed by atoms with Gasteiger partial charge in [-0.2, -0.15) is 0 Å². The largest absolute Gasteiger partial charge is 0.352 e. The monoisotopic (exact) mass is 486 g/mol. The van der Waals surface area contributed by atoms with E-state index >= 15 is 0 Å². The lowest BCUT2D eigenvalue weighted by Crippen LogP contribution is -2.45. The average Bonchev–Trinajstić information content (AvgIpc) is 2.61. The number of nitrogens with zero attached hydrogens (tertiary/aromatic N) is 1. The average molecular weight is 486 g/mol. The number of carbonyl (C=O) groups excluding carboxylic acids is 1. The Morgan fingerprint density at radius 2 is 1.62 bits per heavy atom. The molecule has 2 aromatic rings. The quantitative estimate of drug-likeness (QED) is 0.608. The van der Waals surface area contributed by atoms with Crippen molar-refractivity contribution in [1.29, 1.82) is 0 Å². The molecule has 2 rings (SSSR count). The first kappa shape index (κ1) is 20.7. The number of carbonyl (C=O) groups is 1. The second-order valence-corrected chi connectivity index (χ2v) is 9.51. The third kappa shape index (κ3) is 5.20. The van der Waals surface area contributed by atoms with Crippen LogP contribution in [0.1, 0.15) is 20.8 Å². The van der Waals surface area contributed by atoms with Crippen molar-refractivity contribution < 1.29 is 13.2 Å². The third-order valence-electron chi connectivity index (χ3n) is 4.12. The van der Waals surface area contributed by atoms with Crippen molar-refractivity contribution >= 4 is 44.2 Å². The summed E-state index contributed by atoms with van der Waals surface area (Å²) in [6.45, 7) is 5.64. The molecule has 0 saturated carbocycles. The fourth-order valence-corrected chi connectivity index (χ4v) is 4.04. The summed E-state index contributed by atoms with van der Waals surface area (Å²) in [6, 6.07) is 15.2. The van der Waals surface area contributed by atoms with Gasteiger partial charge >= 0.3 is 0 Å². The number of nitrogens with one attached hydrogen (secondary N) is 1. The lowest BCUT2D eigenvalue weighted by atomic mass is 10.1. The maximum absolute atomic E-state index is 13.1. The molecule has 1 N–H and O–H groups in total. The number of anilines is 1. The first-order valence-electron chi connectivity index (χ1n) is 8.34. The number of rotatable bonds is 7. The van der Waals surface area contributed by atoms with Gasteiger partial charge < -0.3 is 5.32 Å². The zero-order valence-electron chi connectivity index (χ0n) is 15.0. The van der Waals surface area contributed by atoms with Crippen LogP contribution in [0.5, 0.6) is 0 Å². The van der Waals surface area contributed by atoms with Gasteiger partial charge in [-0.15, -0.1) is 0 Å². The first-order chi connectivity index (χ1) is 12.2. The van der Waals surface area contributed by atoms with Gasteiger partial charge in [0.25, 0.3) is 10.0 Å². The minimum atomic E-state index is -3.85. The number of hydrogen-bond donors (Lipinski definition) is 1. The number of halogens is 1. The van der Waals surface area contributed by atoms with Gasteiger partial charge in [0.05, 0.1) is 10.6 Å². The molecule has 0 aliphatic heterocycles. The van der Waals surface area contributed by atoms with Crippen molar-refractivity contribution in [2.45, 2.75) is 31.7 Å². The zero-order valence-corrected chi connectivity index (χ0v) is 18.0. The van der Waals surface area contributed by atoms with Crippen LogP contribution in [0.4, 0.5) is 5.69 Å². The summed E-state index contributed by atoms with van der Waals surface area (Å²) >= 11 is 2.15. The lowest BCUT2D eigenvalue weighted by molar-refractivity contribution is -0.120. The molecule has 0 aromatic heterocycles. The Balaban J connectivity index is 2.37. The Labute approximate surface area is 169 Å². The molecule has 2 aromatic carbocycles. The van der Waals surface area contributed by atoms with Crippen molar-refractivity contribution in [3.05, 3.63) is 58.2 Å². The molecule has 7 heteroatoms. The van der Waals surface area contributed by atoms with E-state index in [2.05, 4.69) is 27.9 Å². The predicted molar refractivity (Wildman–Crippen MR) is 113 cm³/mol. The smallest absolute Gasteiger partial charge is 0.264 e. The van der Waals surface area contributed by atoms with Gasteiger partial charge in [0.2, 0.25) is 5.91 Å². The number of amides is 1. The number of sulfonamides is 1. The highest BCUT2D eigenvalue weighted by atomic mass is 127. The normalized spacial score (nSPS) is 12.7. The van der Waals surface area contributed by atoms with E-state index in [1.54, 1.807) is 30.3 Å². The molecule has 1 amide bonds. The van der Waals surface area contributed by atoms with Gasteiger partial charge in [-0.25, -0.2) is 8.42 Å². The molecule has 0 heterocycles. The van der Waals surface area contributed by atoms with Crippen LogP contribution in [0, 0.1) is 9.49 Å². The van der Waals surface area contributed by atoms with Gasteiger partial charge in [-0.05, 0) is 71.8 Å². The second kappa shape index (κ2) is 8.85. The Morgan fingerprint density at radius 3 is 2.15 bits per heavy atom. The highest BCUT2D eigenvalue weighted by molar-refractivity contribution is 14.1. The third-order valence-corrected chi connectivity index (χ3v) is 6.63. The summed E-state index contributed by atoms with van der Waals surface area (Å²) in [5.41, 5.74) is 0.460. The molecule has 0 bridgehead atoms. The Bertz CT molecular complexity index is 837. The summed E-state index contributed by atoms with van der Waals surface area (Å²) in [6.07, 6.45) is 0. The highest BCUT2D eigenvalue weighted by Gasteiger charge is 2.27. The van der Waals surface area contributed by atoms with Crippen LogP contribution in [0.15, 0.2) is 59.5 Å². The van der Waals surface area contributed by atoms with Gasteiger partial charge in [0.15, 0.2) is 0 Å². The standard InChI is InChI=1S/C19H23IN2O3S/c1-14(2)15(3)21-19(23)13-22(17-11-9-16(20)10-12-17)26(24,25)18-7-5-4-6-8-18/h4-12,14-15H,13H2,1-3H3,(H,21,23)/t15-/m0/s1. The fraction of sp³-hybridized carbons (Fsp3) is 0.316. The zero-order chi connectivity index (χ0) is 19.3. The fourth-order valence-electron chi connectivity index (χ4n) is 2.24. The SMILES string of the molecule is CC(C)[C@H](C)NC(=O)CN(c1ccc(I)cc1)S(=O)(=O)c1ccccc1. The van der Waals surface area contributed by atoms with E-state index in [9.17, 15) is 13.2 Å². The van der Waals surface area contributed by atoms with Crippen molar-refractivity contribution in [3.63, 3.8) is 0 Å². The molecule has 26 heavy (non-hydrogen) atoms. The van der Waals surface area contributed by atoms with Crippen molar-refractivity contribution in [2.24, 2.45) is 5.92 Å². The van der Waals surface area contributed by atoms with Crippen LogP contribution in [0.25, 0.3) is 0 Å². The molecule has 0 spiro atoms. The molecule has 5 nitrogen and oxygen atoms in total. The van der Waals surface area contributed by atoms with E-state index in [0.29, 0.717) is 5.69 Å². The molecule has 140 valence electrons. The van der Waals surface area contributed by atoms with Crippen molar-refractivity contribution in [3.8, 4) is 0 Å². The molecule has 0 radical (unpaired) electrons. The van der Waals surface area contributed by atoms with E-state index in [1.165, 1.54) is 12.1 Å². The molecule has 0 unspecified atom stereocenters. The predicted octanol–water partition coefficient (Wildman–Crippen LogP) is 3.65. The topological polar surface area (TPSA) is 66.5 Å².